The summed E-state index contributed by atoms with van der Waals surface area (Å²) in [7, 11) is 1.67. The monoisotopic (exact) mass is 674 g/mol. The molecule has 2 aromatic heterocycles. The predicted molar refractivity (Wildman–Crippen MR) is 178 cm³/mol. The van der Waals surface area contributed by atoms with Crippen LogP contribution in [0.25, 0.3) is 12.2 Å². The minimum absolute atomic E-state index is 0.0316. The molecule has 0 bridgehead atoms. The zero-order valence-corrected chi connectivity index (χ0v) is 27.9. The Bertz CT molecular complexity index is 1940. The van der Waals surface area contributed by atoms with E-state index in [4.69, 9.17) is 14.6 Å². The van der Waals surface area contributed by atoms with Gasteiger partial charge in [-0.15, -0.1) is 0 Å². The molecule has 2 saturated carbocycles. The maximum Gasteiger partial charge on any atom is 0.289 e. The van der Waals surface area contributed by atoms with E-state index in [1.807, 2.05) is 19.9 Å². The van der Waals surface area contributed by atoms with Crippen LogP contribution in [0.4, 0.5) is 0 Å². The number of guanidine groups is 1. The summed E-state index contributed by atoms with van der Waals surface area (Å²) >= 11 is 0. The van der Waals surface area contributed by atoms with Gasteiger partial charge in [0.1, 0.15) is 22.7 Å². The van der Waals surface area contributed by atoms with E-state index in [0.717, 1.165) is 0 Å². The van der Waals surface area contributed by atoms with Crippen LogP contribution in [-0.2, 0) is 16.6 Å². The molecule has 1 amide bonds. The summed E-state index contributed by atoms with van der Waals surface area (Å²) in [5, 5.41) is 46.3. The molecule has 5 unspecified atom stereocenters. The van der Waals surface area contributed by atoms with Crippen molar-refractivity contribution in [2.45, 2.75) is 70.2 Å². The summed E-state index contributed by atoms with van der Waals surface area (Å²) in [6.45, 7) is 6.73. The molecule has 15 heteroatoms. The van der Waals surface area contributed by atoms with Crippen LogP contribution in [0.1, 0.15) is 68.3 Å². The van der Waals surface area contributed by atoms with E-state index < -0.39 is 29.1 Å². The Morgan fingerprint density at radius 3 is 2.82 bits per heavy atom. The maximum atomic E-state index is 13.2. The summed E-state index contributed by atoms with van der Waals surface area (Å²) in [4.78, 5) is 42.4. The van der Waals surface area contributed by atoms with E-state index in [-0.39, 0.29) is 65.2 Å². The average molecular weight is 675 g/mol. The fourth-order valence-corrected chi connectivity index (χ4v) is 8.62. The Labute approximate surface area is 282 Å². The van der Waals surface area contributed by atoms with Crippen LogP contribution in [-0.4, -0.2) is 98.1 Å². The van der Waals surface area contributed by atoms with Crippen LogP contribution in [0.2, 0.25) is 0 Å². The Hall–Kier alpha value is -4.31. The quantitative estimate of drug-likeness (QED) is 0.200. The Morgan fingerprint density at radius 2 is 2.12 bits per heavy atom. The van der Waals surface area contributed by atoms with E-state index in [0.29, 0.717) is 55.1 Å². The van der Waals surface area contributed by atoms with Crippen molar-refractivity contribution in [1.29, 1.82) is 5.41 Å². The number of amides is 1. The van der Waals surface area contributed by atoms with Gasteiger partial charge in [0.25, 0.3) is 11.9 Å². The van der Waals surface area contributed by atoms with Crippen LogP contribution in [0.3, 0.4) is 0 Å². The molecular formula is C34H42N8O7. The number of aromatic hydroxyl groups is 1. The maximum absolute atomic E-state index is 13.2. The summed E-state index contributed by atoms with van der Waals surface area (Å²) < 4.78 is 13.6. The van der Waals surface area contributed by atoms with Crippen molar-refractivity contribution in [1.82, 2.24) is 20.2 Å². The van der Waals surface area contributed by atoms with E-state index in [2.05, 4.69) is 37.5 Å². The molecule has 1 spiro atoms. The molecule has 260 valence electrons. The number of hydrogen-bond acceptors (Lipinski definition) is 12. The highest BCUT2D eigenvalue weighted by Crippen LogP contribution is 2.66. The molecule has 2 aliphatic carbocycles. The third-order valence-electron chi connectivity index (χ3n) is 11.6. The zero-order chi connectivity index (χ0) is 34.9. The van der Waals surface area contributed by atoms with Crippen molar-refractivity contribution in [3.63, 3.8) is 0 Å². The smallest absolute Gasteiger partial charge is 0.289 e. The van der Waals surface area contributed by atoms with E-state index >= 15 is 0 Å². The predicted octanol–water partition coefficient (Wildman–Crippen LogP) is 0.212. The Morgan fingerprint density at radius 1 is 1.35 bits per heavy atom. The van der Waals surface area contributed by atoms with Crippen molar-refractivity contribution in [3.8, 4) is 5.95 Å². The second kappa shape index (κ2) is 11.9. The summed E-state index contributed by atoms with van der Waals surface area (Å²) in [6.07, 6.45) is 8.34. The van der Waals surface area contributed by atoms with E-state index in [1.54, 1.807) is 36.0 Å². The first-order chi connectivity index (χ1) is 23.3. The molecule has 0 aromatic carbocycles. The van der Waals surface area contributed by atoms with Gasteiger partial charge < -0.3 is 34.4 Å². The van der Waals surface area contributed by atoms with Crippen molar-refractivity contribution in [3.05, 3.63) is 40.1 Å². The number of hydrogen-bond donors (Lipinski definition) is 6. The first-order valence-electron chi connectivity index (χ1n) is 16.6. The number of imidazole rings is 1. The minimum atomic E-state index is -0.779. The number of ether oxygens (including phenoxy) is 1. The number of rotatable bonds is 9. The van der Waals surface area contributed by atoms with Gasteiger partial charge in [-0.3, -0.25) is 25.3 Å². The number of carbonyl (C=O) groups excluding carboxylic acids is 2. The van der Waals surface area contributed by atoms with Gasteiger partial charge in [0.15, 0.2) is 17.0 Å². The number of aromatic nitrogens is 2. The number of fused-ring (bicyclic) bond motifs is 2. The number of aliphatic imine (C=N–C) groups is 2. The van der Waals surface area contributed by atoms with Gasteiger partial charge in [-0.25, -0.2) is 9.98 Å². The number of amidine groups is 1. The first kappa shape index (κ1) is 33.2. The number of aliphatic hydroxyl groups is 2. The molecule has 6 N–H and O–H groups in total. The van der Waals surface area contributed by atoms with E-state index in [1.165, 1.54) is 0 Å². The number of epoxide rings is 1. The SMILES string of the molecule is CC(NC1CC2[C@](C)(CC[C@@H](O)[C@@]2(C)CO)C(/C=C/c2cc(C=c3nc4c(n3C)=NC(=N)NC4=O)oc2O)C12CO2)C(=O)CC1=NCC=N1. The Balaban J connectivity index is 1.21. The summed E-state index contributed by atoms with van der Waals surface area (Å²) in [6, 6.07) is 0.893. The molecule has 5 heterocycles. The van der Waals surface area contributed by atoms with Crippen LogP contribution < -0.4 is 21.6 Å². The molecular weight excluding hydrogens is 632 g/mol. The molecule has 0 radical (unpaired) electrons. The number of nitrogens with one attached hydrogen (secondary N) is 3. The highest BCUT2D eigenvalue weighted by atomic mass is 16.6. The average Bonchev–Trinajstić information content (AvgIpc) is 3.33. The van der Waals surface area contributed by atoms with Crippen LogP contribution in [0, 0.1) is 28.1 Å². The van der Waals surface area contributed by atoms with Gasteiger partial charge in [0, 0.05) is 36.7 Å². The molecule has 49 heavy (non-hydrogen) atoms. The van der Waals surface area contributed by atoms with Gasteiger partial charge in [-0.1, -0.05) is 26.0 Å². The number of Topliss-reactive ketones (excluding diaryl/α,β-unsaturated/α-hetero) is 1. The molecule has 3 fully saturated rings. The number of ketones is 1. The van der Waals surface area contributed by atoms with Crippen molar-refractivity contribution >= 4 is 41.9 Å². The topological polar surface area (TPSA) is 223 Å². The van der Waals surface area contributed by atoms with Gasteiger partial charge in [0.05, 0.1) is 43.9 Å². The lowest BCUT2D eigenvalue weighted by Crippen LogP contribution is -2.67. The number of furan rings is 1. The minimum Gasteiger partial charge on any atom is -0.480 e. The fourth-order valence-electron chi connectivity index (χ4n) is 8.62. The van der Waals surface area contributed by atoms with Crippen molar-refractivity contribution in [2.24, 2.45) is 44.7 Å². The molecule has 1 saturated heterocycles. The van der Waals surface area contributed by atoms with Crippen LogP contribution in [0.15, 0.2) is 31.5 Å². The normalized spacial score (nSPS) is 34.5. The van der Waals surface area contributed by atoms with Gasteiger partial charge >= 0.3 is 0 Å². The number of carbonyl (C=O) groups is 2. The lowest BCUT2D eigenvalue weighted by molar-refractivity contribution is -0.174. The molecule has 8 atom stereocenters. The third-order valence-corrected chi connectivity index (χ3v) is 11.6. The van der Waals surface area contributed by atoms with Gasteiger partial charge in [-0.2, -0.15) is 4.99 Å². The molecule has 7 rings (SSSR count). The largest absolute Gasteiger partial charge is 0.480 e. The van der Waals surface area contributed by atoms with Crippen LogP contribution in [0.5, 0.6) is 5.95 Å². The fraction of sp³-hybridized carbons (Fsp3) is 0.559. The molecule has 15 nitrogen and oxygen atoms in total. The van der Waals surface area contributed by atoms with E-state index in [9.17, 15) is 24.9 Å². The highest BCUT2D eigenvalue weighted by molar-refractivity contribution is 6.07. The Kier molecular flexibility index (Phi) is 8.08. The van der Waals surface area contributed by atoms with Gasteiger partial charge in [0.2, 0.25) is 5.96 Å². The molecule has 3 aliphatic heterocycles. The number of nitrogens with zero attached hydrogens (tertiary/aromatic N) is 5. The van der Waals surface area contributed by atoms with Crippen molar-refractivity contribution < 1.29 is 34.1 Å². The summed E-state index contributed by atoms with van der Waals surface area (Å²) in [5.41, 5.74) is -0.705. The second-order valence-electron chi connectivity index (χ2n) is 14.4. The number of aliphatic hydroxyl groups excluding tert-OH is 2. The first-order valence-corrected chi connectivity index (χ1v) is 16.6. The summed E-state index contributed by atoms with van der Waals surface area (Å²) in [5.74, 6) is -0.651. The third kappa shape index (κ3) is 5.48. The lowest BCUT2D eigenvalue weighted by Gasteiger charge is -2.62. The molecule has 2 aromatic rings. The highest BCUT2D eigenvalue weighted by Gasteiger charge is 2.70. The van der Waals surface area contributed by atoms with Crippen molar-refractivity contribution in [2.75, 3.05) is 19.8 Å². The second-order valence-corrected chi connectivity index (χ2v) is 14.4. The van der Waals surface area contributed by atoms with Crippen LogP contribution >= 0.6 is 0 Å². The standard InChI is InChI=1S/C34H42N8O7/c1-17(20(44)13-25-36-9-10-37-25)38-23-14-22-32(2,8-7-24(45)33(22,3)15-43)21(34(23)16-48-34)6-5-18-11-19(49-30(18)47)12-26-39-27-28(42(26)4)40-31(35)41-29(27)46/h5-6,9,11-12,17,21-24,38,43,45,47H,7-8,10,13-16H2,1-4H3,(H2,35,41,46)/b6-5+,26-12?/t17?,21?,22?,23?,24-,32-,33+,34?/m1/s1. The lowest BCUT2D eigenvalue weighted by atomic mass is 9.44. The zero-order valence-electron chi connectivity index (χ0n) is 27.9. The van der Waals surface area contributed by atoms with Gasteiger partial charge in [-0.05, 0) is 43.6 Å². The molecule has 5 aliphatic rings.